The van der Waals surface area contributed by atoms with Crippen LogP contribution in [0.4, 0.5) is 0 Å². The maximum atomic E-state index is 10.7. The number of dihydropyridines is 1. The number of allylic oxidation sites excluding steroid dienone is 2. The van der Waals surface area contributed by atoms with E-state index < -0.39 is 32.7 Å². The number of phosphoric ester groups is 1. The van der Waals surface area contributed by atoms with Gasteiger partial charge in [-0.05, 0) is 6.92 Å². The number of aliphatic hydroxyl groups excluding tert-OH is 2. The van der Waals surface area contributed by atoms with E-state index in [4.69, 9.17) is 20.0 Å². The first-order valence-corrected chi connectivity index (χ1v) is 7.36. The average molecular weight is 334 g/mol. The summed E-state index contributed by atoms with van der Waals surface area (Å²) in [5, 5.41) is 30.2. The molecule has 0 spiro atoms. The lowest BCUT2D eigenvalue weighted by molar-refractivity contribution is -0.129. The Balaban J connectivity index is 3.12. The van der Waals surface area contributed by atoms with Gasteiger partial charge in [-0.1, -0.05) is 0 Å². The van der Waals surface area contributed by atoms with E-state index in [1.165, 1.54) is 13.1 Å². The SMILES string of the molecule is CC1=C(O)/C(=C\N=C(CO)C(=O)O)C(COP(=O)(O)O)=CN1. The zero-order chi connectivity index (χ0) is 16.9. The minimum Gasteiger partial charge on any atom is -0.505 e. The van der Waals surface area contributed by atoms with Gasteiger partial charge in [-0.25, -0.2) is 9.36 Å². The van der Waals surface area contributed by atoms with Crippen molar-refractivity contribution in [2.45, 2.75) is 6.92 Å². The van der Waals surface area contributed by atoms with Crippen LogP contribution in [0.1, 0.15) is 6.92 Å². The standard InChI is InChI=1S/C11H15N2O8P/c1-6-10(15)8(3-13-9(4-14)11(16)17)7(2-12-6)5-21-22(18,19)20/h2-3,12,14-15H,4-5H2,1H3,(H,16,17)(H2,18,19,20)/b8-3-,13-9?. The van der Waals surface area contributed by atoms with Crippen molar-refractivity contribution < 1.29 is 39.0 Å². The minimum absolute atomic E-state index is 0.0110. The molecule has 0 saturated heterocycles. The van der Waals surface area contributed by atoms with E-state index in [-0.39, 0.29) is 16.9 Å². The van der Waals surface area contributed by atoms with Crippen LogP contribution in [-0.4, -0.2) is 50.0 Å². The number of phosphoric acid groups is 1. The molecule has 0 atom stereocenters. The van der Waals surface area contributed by atoms with Gasteiger partial charge in [0.25, 0.3) is 0 Å². The number of hydrogen-bond donors (Lipinski definition) is 6. The van der Waals surface area contributed by atoms with Gasteiger partial charge >= 0.3 is 13.8 Å². The van der Waals surface area contributed by atoms with Gasteiger partial charge in [0.1, 0.15) is 5.76 Å². The first kappa shape index (κ1) is 18.1. The van der Waals surface area contributed by atoms with Crippen LogP contribution in [0.3, 0.4) is 0 Å². The highest BCUT2D eigenvalue weighted by Gasteiger charge is 2.22. The van der Waals surface area contributed by atoms with Gasteiger partial charge in [-0.3, -0.25) is 9.52 Å². The Labute approximate surface area is 125 Å². The second kappa shape index (κ2) is 7.34. The van der Waals surface area contributed by atoms with Crippen molar-refractivity contribution in [1.82, 2.24) is 5.32 Å². The zero-order valence-electron chi connectivity index (χ0n) is 11.4. The molecule has 0 saturated carbocycles. The third-order valence-electron chi connectivity index (χ3n) is 2.55. The van der Waals surface area contributed by atoms with Crippen LogP contribution < -0.4 is 5.32 Å². The van der Waals surface area contributed by atoms with E-state index in [1.54, 1.807) is 0 Å². The molecule has 0 aromatic rings. The van der Waals surface area contributed by atoms with Gasteiger partial charge in [0, 0.05) is 23.5 Å². The molecule has 22 heavy (non-hydrogen) atoms. The summed E-state index contributed by atoms with van der Waals surface area (Å²) in [6, 6.07) is 0. The van der Waals surface area contributed by atoms with Gasteiger partial charge in [-0.2, -0.15) is 0 Å². The lowest BCUT2D eigenvalue weighted by Gasteiger charge is -2.19. The molecule has 0 aliphatic carbocycles. The van der Waals surface area contributed by atoms with Crippen molar-refractivity contribution in [2.24, 2.45) is 4.99 Å². The summed E-state index contributed by atoms with van der Waals surface area (Å²) in [5.74, 6) is -1.73. The molecular weight excluding hydrogens is 319 g/mol. The maximum Gasteiger partial charge on any atom is 0.469 e. The fourth-order valence-corrected chi connectivity index (χ4v) is 1.73. The molecule has 0 fully saturated rings. The smallest absolute Gasteiger partial charge is 0.469 e. The number of aliphatic carboxylic acids is 1. The Kier molecular flexibility index (Phi) is 6.03. The monoisotopic (exact) mass is 334 g/mol. The predicted octanol–water partition coefficient (Wildman–Crippen LogP) is -0.226. The lowest BCUT2D eigenvalue weighted by Crippen LogP contribution is -2.18. The van der Waals surface area contributed by atoms with E-state index >= 15 is 0 Å². The maximum absolute atomic E-state index is 10.7. The first-order chi connectivity index (χ1) is 10.2. The molecule has 122 valence electrons. The highest BCUT2D eigenvalue weighted by molar-refractivity contribution is 7.46. The molecule has 0 amide bonds. The molecule has 6 N–H and O–H groups in total. The molecule has 10 nitrogen and oxygen atoms in total. The van der Waals surface area contributed by atoms with Crippen LogP contribution >= 0.6 is 7.82 Å². The van der Waals surface area contributed by atoms with Gasteiger partial charge in [0.2, 0.25) is 0 Å². The van der Waals surface area contributed by atoms with Crippen molar-refractivity contribution in [1.29, 1.82) is 0 Å². The summed E-state index contributed by atoms with van der Waals surface area (Å²) in [6.45, 7) is 0.157. The summed E-state index contributed by atoms with van der Waals surface area (Å²) in [6.07, 6.45) is 2.29. The molecular formula is C11H15N2O8P. The van der Waals surface area contributed by atoms with Crippen LogP contribution in [-0.2, 0) is 13.9 Å². The van der Waals surface area contributed by atoms with E-state index in [0.29, 0.717) is 5.70 Å². The second-order valence-electron chi connectivity index (χ2n) is 4.13. The van der Waals surface area contributed by atoms with Crippen molar-refractivity contribution in [3.05, 3.63) is 35.0 Å². The van der Waals surface area contributed by atoms with E-state index in [1.807, 2.05) is 0 Å². The fourth-order valence-electron chi connectivity index (χ4n) is 1.42. The minimum atomic E-state index is -4.72. The molecule has 11 heteroatoms. The summed E-state index contributed by atoms with van der Waals surface area (Å²) in [4.78, 5) is 31.7. The van der Waals surface area contributed by atoms with E-state index in [2.05, 4.69) is 14.8 Å². The number of aliphatic imine (C=N–C) groups is 1. The number of carboxylic acids is 1. The summed E-state index contributed by atoms with van der Waals surface area (Å²) < 4.78 is 15.1. The highest BCUT2D eigenvalue weighted by Crippen LogP contribution is 2.37. The Hall–Kier alpha value is -1.97. The lowest BCUT2D eigenvalue weighted by atomic mass is 10.0. The van der Waals surface area contributed by atoms with Gasteiger partial charge in [0.05, 0.1) is 18.9 Å². The number of nitrogens with zero attached hydrogens (tertiary/aromatic N) is 1. The first-order valence-electron chi connectivity index (χ1n) is 5.83. The molecule has 0 bridgehead atoms. The predicted molar refractivity (Wildman–Crippen MR) is 74.8 cm³/mol. The van der Waals surface area contributed by atoms with E-state index in [0.717, 1.165) is 6.20 Å². The third kappa shape index (κ3) is 5.10. The molecule has 1 aliphatic heterocycles. The Morgan fingerprint density at radius 1 is 1.50 bits per heavy atom. The summed E-state index contributed by atoms with van der Waals surface area (Å²) >= 11 is 0. The molecule has 0 aromatic carbocycles. The van der Waals surface area contributed by atoms with Crippen LogP contribution in [0.5, 0.6) is 0 Å². The topological polar surface area (TPSA) is 169 Å². The third-order valence-corrected chi connectivity index (χ3v) is 3.02. The second-order valence-corrected chi connectivity index (χ2v) is 5.37. The fraction of sp³-hybridized carbons (Fsp3) is 0.273. The van der Waals surface area contributed by atoms with Crippen LogP contribution in [0.25, 0.3) is 0 Å². The van der Waals surface area contributed by atoms with Crippen molar-refractivity contribution in [3.8, 4) is 0 Å². The quantitative estimate of drug-likeness (QED) is 0.284. The zero-order valence-corrected chi connectivity index (χ0v) is 12.3. The van der Waals surface area contributed by atoms with Gasteiger partial charge in [-0.15, -0.1) is 0 Å². The number of hydrogen-bond acceptors (Lipinski definition) is 7. The molecule has 1 heterocycles. The van der Waals surface area contributed by atoms with Crippen LogP contribution in [0.2, 0.25) is 0 Å². The Morgan fingerprint density at radius 3 is 2.64 bits per heavy atom. The number of rotatable bonds is 6. The largest absolute Gasteiger partial charge is 0.505 e. The number of carboxylic acid groups (broad SMARTS) is 1. The normalized spacial score (nSPS) is 18.3. The van der Waals surface area contributed by atoms with E-state index in [9.17, 15) is 14.5 Å². The van der Waals surface area contributed by atoms with Gasteiger partial charge in [0.15, 0.2) is 5.71 Å². The highest BCUT2D eigenvalue weighted by atomic mass is 31.2. The Morgan fingerprint density at radius 2 is 2.14 bits per heavy atom. The number of nitrogens with one attached hydrogen (secondary N) is 1. The molecule has 1 aliphatic rings. The van der Waals surface area contributed by atoms with Gasteiger partial charge < -0.3 is 30.4 Å². The van der Waals surface area contributed by atoms with Crippen molar-refractivity contribution >= 4 is 19.5 Å². The molecule has 0 radical (unpaired) electrons. The summed E-state index contributed by atoms with van der Waals surface area (Å²) in [7, 11) is -4.72. The average Bonchev–Trinajstić information content (AvgIpc) is 2.41. The Bertz CT molecular complexity index is 628. The van der Waals surface area contributed by atoms with Crippen molar-refractivity contribution in [2.75, 3.05) is 13.2 Å². The van der Waals surface area contributed by atoms with Crippen molar-refractivity contribution in [3.63, 3.8) is 0 Å². The summed E-state index contributed by atoms with van der Waals surface area (Å²) in [5.41, 5.74) is -0.0938. The number of aliphatic hydroxyl groups is 2. The molecule has 1 rings (SSSR count). The molecule has 0 aromatic heterocycles. The van der Waals surface area contributed by atoms with Crippen LogP contribution in [0, 0.1) is 0 Å². The molecule has 0 unspecified atom stereocenters. The number of carbonyl (C=O) groups is 1. The van der Waals surface area contributed by atoms with Crippen LogP contribution in [0.15, 0.2) is 40.0 Å².